The first-order valence-corrected chi connectivity index (χ1v) is 11.2. The lowest BCUT2D eigenvalue weighted by atomic mass is 9.83. The Labute approximate surface area is 184 Å². The van der Waals surface area contributed by atoms with E-state index in [1.807, 2.05) is 64.9 Å². The van der Waals surface area contributed by atoms with Crippen molar-refractivity contribution in [2.45, 2.75) is 25.8 Å². The number of amides is 1. The third kappa shape index (κ3) is 4.22. The molecule has 0 radical (unpaired) electrons. The number of nitrogens with zero attached hydrogens (tertiary/aromatic N) is 1. The van der Waals surface area contributed by atoms with E-state index in [1.165, 1.54) is 0 Å². The van der Waals surface area contributed by atoms with Crippen LogP contribution in [0.25, 0.3) is 5.70 Å². The van der Waals surface area contributed by atoms with Crippen LogP contribution in [0.4, 0.5) is 0 Å². The molecule has 1 unspecified atom stereocenters. The van der Waals surface area contributed by atoms with E-state index in [0.717, 1.165) is 22.6 Å². The quantitative estimate of drug-likeness (QED) is 0.331. The minimum atomic E-state index is -0.743. The van der Waals surface area contributed by atoms with Gasteiger partial charge in [0.05, 0.1) is 11.0 Å². The Balaban J connectivity index is 2.14. The first-order valence-electron chi connectivity index (χ1n) is 10.2. The number of rotatable bonds is 9. The van der Waals surface area contributed by atoms with Crippen LogP contribution in [0.2, 0.25) is 0 Å². The van der Waals surface area contributed by atoms with Gasteiger partial charge in [-0.1, -0.05) is 78.9 Å². The van der Waals surface area contributed by atoms with Crippen LogP contribution in [-0.4, -0.2) is 16.6 Å². The second-order valence-corrected chi connectivity index (χ2v) is 8.86. The highest BCUT2D eigenvalue weighted by atomic mass is 32.2. The summed E-state index contributed by atoms with van der Waals surface area (Å²) in [6, 6.07) is 20.4. The molecule has 2 nitrogen and oxygen atoms in total. The van der Waals surface area contributed by atoms with Crippen molar-refractivity contribution in [2.24, 2.45) is 5.41 Å². The summed E-state index contributed by atoms with van der Waals surface area (Å²) in [4.78, 5) is 16.0. The summed E-state index contributed by atoms with van der Waals surface area (Å²) >= 11 is 1.64. The molecule has 2 aromatic rings. The standard InChI is InChI=1S/C27H29NOS/c1-5-17-27(18-20-30-19-6-2)21-24(22-13-9-7-10-14-22)28(25(27)29)26(3,4)23-15-11-8-12-16-23/h5-16,18,20-21H,1-2,17,19H2,3-4H3/b20-18-. The van der Waals surface area contributed by atoms with Gasteiger partial charge in [-0.2, -0.15) is 0 Å². The molecule has 1 atom stereocenters. The third-order valence-corrected chi connectivity index (χ3v) is 6.26. The number of allylic oxidation sites excluding steroid dienone is 1. The number of benzene rings is 2. The Morgan fingerprint density at radius 3 is 2.23 bits per heavy atom. The zero-order valence-electron chi connectivity index (χ0n) is 17.8. The predicted octanol–water partition coefficient (Wildman–Crippen LogP) is 6.80. The molecule has 1 amide bonds. The molecule has 0 saturated heterocycles. The van der Waals surface area contributed by atoms with Gasteiger partial charge in [0.25, 0.3) is 0 Å². The Morgan fingerprint density at radius 2 is 1.63 bits per heavy atom. The van der Waals surface area contributed by atoms with Crippen molar-refractivity contribution in [1.82, 2.24) is 4.90 Å². The monoisotopic (exact) mass is 415 g/mol. The molecular formula is C27H29NOS. The first kappa shape index (κ1) is 21.9. The molecule has 1 heterocycles. The second-order valence-electron chi connectivity index (χ2n) is 7.92. The fraction of sp³-hybridized carbons (Fsp3) is 0.222. The van der Waals surface area contributed by atoms with Gasteiger partial charge in [-0.25, -0.2) is 0 Å². The lowest BCUT2D eigenvalue weighted by molar-refractivity contribution is -0.136. The molecule has 0 fully saturated rings. The van der Waals surface area contributed by atoms with Crippen molar-refractivity contribution in [3.05, 3.63) is 115 Å². The number of hydrogen-bond donors (Lipinski definition) is 0. The number of carbonyl (C=O) groups excluding carboxylic acids is 1. The maximum atomic E-state index is 14.0. The third-order valence-electron chi connectivity index (χ3n) is 5.50. The maximum Gasteiger partial charge on any atom is 0.242 e. The van der Waals surface area contributed by atoms with Crippen LogP contribution < -0.4 is 0 Å². The van der Waals surface area contributed by atoms with Gasteiger partial charge in [0.15, 0.2) is 0 Å². The summed E-state index contributed by atoms with van der Waals surface area (Å²) in [5.74, 6) is 0.883. The van der Waals surface area contributed by atoms with Crippen LogP contribution in [0.1, 0.15) is 31.4 Å². The Bertz CT molecular complexity index is 959. The minimum absolute atomic E-state index is 0.0746. The van der Waals surface area contributed by atoms with E-state index in [0.29, 0.717) is 6.42 Å². The molecule has 2 aromatic carbocycles. The van der Waals surface area contributed by atoms with Crippen LogP contribution in [0.15, 0.2) is 104 Å². The van der Waals surface area contributed by atoms with Gasteiger partial charge in [0.2, 0.25) is 5.91 Å². The van der Waals surface area contributed by atoms with Crippen molar-refractivity contribution in [3.8, 4) is 0 Å². The average molecular weight is 416 g/mol. The molecule has 1 aliphatic rings. The molecule has 1 aliphatic heterocycles. The molecule has 154 valence electrons. The van der Waals surface area contributed by atoms with E-state index in [9.17, 15) is 4.79 Å². The summed E-state index contributed by atoms with van der Waals surface area (Å²) in [6.07, 6.45) is 8.38. The molecule has 0 saturated carbocycles. The zero-order chi connectivity index (χ0) is 21.6. The molecule has 0 aromatic heterocycles. The lowest BCUT2D eigenvalue weighted by Crippen LogP contribution is -2.45. The van der Waals surface area contributed by atoms with Crippen LogP contribution >= 0.6 is 11.8 Å². The lowest BCUT2D eigenvalue weighted by Gasteiger charge is -2.39. The zero-order valence-corrected chi connectivity index (χ0v) is 18.6. The number of hydrogen-bond acceptors (Lipinski definition) is 2. The van der Waals surface area contributed by atoms with Crippen molar-refractivity contribution >= 4 is 23.4 Å². The highest BCUT2D eigenvalue weighted by Gasteiger charge is 2.49. The number of carbonyl (C=O) groups is 1. The van der Waals surface area contributed by atoms with Crippen molar-refractivity contribution < 1.29 is 4.79 Å². The van der Waals surface area contributed by atoms with E-state index in [4.69, 9.17) is 0 Å². The van der Waals surface area contributed by atoms with E-state index in [-0.39, 0.29) is 5.91 Å². The summed E-state index contributed by atoms with van der Waals surface area (Å²) < 4.78 is 0. The molecule has 3 heteroatoms. The minimum Gasteiger partial charge on any atom is -0.301 e. The van der Waals surface area contributed by atoms with Crippen LogP contribution in [0.3, 0.4) is 0 Å². The summed E-state index contributed by atoms with van der Waals surface area (Å²) in [5, 5.41) is 2.02. The van der Waals surface area contributed by atoms with Gasteiger partial charge < -0.3 is 4.90 Å². The van der Waals surface area contributed by atoms with E-state index in [2.05, 4.69) is 57.3 Å². The summed E-state index contributed by atoms with van der Waals surface area (Å²) in [6.45, 7) is 11.9. The summed E-state index contributed by atoms with van der Waals surface area (Å²) in [5.41, 5.74) is 1.82. The van der Waals surface area contributed by atoms with Crippen molar-refractivity contribution in [3.63, 3.8) is 0 Å². The van der Waals surface area contributed by atoms with Gasteiger partial charge in [-0.05, 0) is 42.9 Å². The van der Waals surface area contributed by atoms with Gasteiger partial charge >= 0.3 is 0 Å². The average Bonchev–Trinajstić information content (AvgIpc) is 3.06. The highest BCUT2D eigenvalue weighted by molar-refractivity contribution is 8.02. The van der Waals surface area contributed by atoms with Gasteiger partial charge in [-0.3, -0.25) is 4.79 Å². The van der Waals surface area contributed by atoms with E-state index in [1.54, 1.807) is 11.8 Å². The molecule has 3 rings (SSSR count). The first-order chi connectivity index (χ1) is 14.5. The fourth-order valence-electron chi connectivity index (χ4n) is 3.90. The summed E-state index contributed by atoms with van der Waals surface area (Å²) in [7, 11) is 0. The highest BCUT2D eigenvalue weighted by Crippen LogP contribution is 2.48. The van der Waals surface area contributed by atoms with Gasteiger partial charge in [0, 0.05) is 11.4 Å². The molecular weight excluding hydrogens is 386 g/mol. The topological polar surface area (TPSA) is 20.3 Å². The van der Waals surface area contributed by atoms with Crippen LogP contribution in [0, 0.1) is 5.41 Å². The Morgan fingerprint density at radius 1 is 1.00 bits per heavy atom. The smallest absolute Gasteiger partial charge is 0.242 e. The molecule has 30 heavy (non-hydrogen) atoms. The second kappa shape index (κ2) is 9.36. The van der Waals surface area contributed by atoms with Crippen LogP contribution in [0.5, 0.6) is 0 Å². The van der Waals surface area contributed by atoms with Gasteiger partial charge in [-0.15, -0.1) is 24.9 Å². The maximum absolute atomic E-state index is 14.0. The Hall–Kier alpha value is -2.78. The van der Waals surface area contributed by atoms with E-state index >= 15 is 0 Å². The SMILES string of the molecule is C=CCS/C=C\C1(CC=C)C=C(c2ccccc2)N(C(C)(C)c2ccccc2)C1=O. The molecule has 0 aliphatic carbocycles. The normalized spacial score (nSPS) is 19.2. The van der Waals surface area contributed by atoms with Gasteiger partial charge in [0.1, 0.15) is 0 Å². The molecule has 0 spiro atoms. The van der Waals surface area contributed by atoms with Crippen molar-refractivity contribution in [1.29, 1.82) is 0 Å². The van der Waals surface area contributed by atoms with Crippen LogP contribution in [-0.2, 0) is 10.3 Å². The predicted molar refractivity (Wildman–Crippen MR) is 130 cm³/mol. The van der Waals surface area contributed by atoms with E-state index < -0.39 is 11.0 Å². The largest absolute Gasteiger partial charge is 0.301 e. The number of thioether (sulfide) groups is 1. The fourth-order valence-corrected chi connectivity index (χ4v) is 4.49. The molecule has 0 N–H and O–H groups in total. The molecule has 0 bridgehead atoms. The Kier molecular flexibility index (Phi) is 6.84. The van der Waals surface area contributed by atoms with Crippen molar-refractivity contribution in [2.75, 3.05) is 5.75 Å².